The maximum Gasteiger partial charge on any atom is 0.0788 e. The summed E-state index contributed by atoms with van der Waals surface area (Å²) in [7, 11) is 0. The van der Waals surface area contributed by atoms with Crippen LogP contribution in [-0.4, -0.2) is 9.13 Å². The van der Waals surface area contributed by atoms with Crippen LogP contribution in [0.3, 0.4) is 0 Å². The molecule has 2 heterocycles. The minimum atomic E-state index is 1.13. The SMILES string of the molecule is c1ccc(-c2cccc(-c3cc(-c4ccccc4)cc(-n4c5ccccc5c5ccc6c7ccccc7n(-c7ccccc7)c6c54)c3)c2)cc1. The first kappa shape index (κ1) is 28.4. The van der Waals surface area contributed by atoms with E-state index in [4.69, 9.17) is 0 Å². The third-order valence-corrected chi connectivity index (χ3v) is 10.1. The highest BCUT2D eigenvalue weighted by Crippen LogP contribution is 2.43. The van der Waals surface area contributed by atoms with E-state index in [2.05, 4.69) is 203 Å². The van der Waals surface area contributed by atoms with Crippen LogP contribution in [0.25, 0.3) is 88.4 Å². The summed E-state index contributed by atoms with van der Waals surface area (Å²) in [6.07, 6.45) is 0. The Morgan fingerprint density at radius 3 is 1.22 bits per heavy atom. The van der Waals surface area contributed by atoms with Crippen molar-refractivity contribution in [1.82, 2.24) is 9.13 Å². The number of benzene rings is 8. The normalized spacial score (nSPS) is 11.6. The molecule has 2 aromatic heterocycles. The molecule has 2 nitrogen and oxygen atoms in total. The summed E-state index contributed by atoms with van der Waals surface area (Å²) < 4.78 is 4.95. The van der Waals surface area contributed by atoms with E-state index in [1.165, 1.54) is 77.0 Å². The van der Waals surface area contributed by atoms with Gasteiger partial charge < -0.3 is 9.13 Å². The summed E-state index contributed by atoms with van der Waals surface area (Å²) in [5.41, 5.74) is 14.3. The molecule has 0 N–H and O–H groups in total. The van der Waals surface area contributed by atoms with E-state index in [1.54, 1.807) is 0 Å². The molecular weight excluding hydrogens is 605 g/mol. The first-order valence-corrected chi connectivity index (χ1v) is 17.2. The summed E-state index contributed by atoms with van der Waals surface area (Å²) in [4.78, 5) is 0. The van der Waals surface area contributed by atoms with E-state index in [1.807, 2.05) is 0 Å². The maximum absolute atomic E-state index is 2.50. The van der Waals surface area contributed by atoms with Crippen molar-refractivity contribution in [2.75, 3.05) is 0 Å². The smallest absolute Gasteiger partial charge is 0.0788 e. The zero-order valence-corrected chi connectivity index (χ0v) is 27.4. The molecule has 0 amide bonds. The lowest BCUT2D eigenvalue weighted by Crippen LogP contribution is -1.99. The second-order valence-corrected chi connectivity index (χ2v) is 13.0. The molecule has 8 aromatic carbocycles. The molecule has 0 aliphatic rings. The third kappa shape index (κ3) is 4.50. The Balaban J connectivity index is 1.33. The number of fused-ring (bicyclic) bond motifs is 7. The van der Waals surface area contributed by atoms with Crippen molar-refractivity contribution in [3.8, 4) is 44.8 Å². The molecule has 50 heavy (non-hydrogen) atoms. The van der Waals surface area contributed by atoms with E-state index in [-0.39, 0.29) is 0 Å². The summed E-state index contributed by atoms with van der Waals surface area (Å²) in [6.45, 7) is 0. The number of aromatic nitrogens is 2. The fourth-order valence-electron chi connectivity index (χ4n) is 7.83. The molecule has 0 aliphatic heterocycles. The molecular formula is C48H32N2. The van der Waals surface area contributed by atoms with Crippen molar-refractivity contribution in [3.63, 3.8) is 0 Å². The second kappa shape index (κ2) is 11.5. The Morgan fingerprint density at radius 1 is 0.240 bits per heavy atom. The summed E-state index contributed by atoms with van der Waals surface area (Å²) in [5.74, 6) is 0. The third-order valence-electron chi connectivity index (χ3n) is 10.1. The predicted molar refractivity (Wildman–Crippen MR) is 211 cm³/mol. The molecule has 0 aliphatic carbocycles. The van der Waals surface area contributed by atoms with Crippen LogP contribution in [0.1, 0.15) is 0 Å². The van der Waals surface area contributed by atoms with Gasteiger partial charge in [-0.25, -0.2) is 0 Å². The largest absolute Gasteiger partial charge is 0.307 e. The Morgan fingerprint density at radius 2 is 0.640 bits per heavy atom. The van der Waals surface area contributed by atoms with Crippen molar-refractivity contribution in [3.05, 3.63) is 194 Å². The Labute approximate surface area is 290 Å². The number of nitrogens with zero attached hydrogens (tertiary/aromatic N) is 2. The van der Waals surface area contributed by atoms with E-state index < -0.39 is 0 Å². The summed E-state index contributed by atoms with van der Waals surface area (Å²) >= 11 is 0. The average Bonchev–Trinajstić information content (AvgIpc) is 3.72. The zero-order valence-electron chi connectivity index (χ0n) is 27.4. The van der Waals surface area contributed by atoms with E-state index in [0.29, 0.717) is 0 Å². The fourth-order valence-corrected chi connectivity index (χ4v) is 7.83. The highest BCUT2D eigenvalue weighted by molar-refractivity contribution is 6.23. The van der Waals surface area contributed by atoms with Crippen LogP contribution >= 0.6 is 0 Å². The molecule has 0 saturated carbocycles. The molecule has 234 valence electrons. The van der Waals surface area contributed by atoms with Gasteiger partial charge in [0.1, 0.15) is 0 Å². The molecule has 0 saturated heterocycles. The predicted octanol–water partition coefficient (Wildman–Crippen LogP) is 12.9. The zero-order chi connectivity index (χ0) is 33.0. The van der Waals surface area contributed by atoms with Crippen molar-refractivity contribution in [2.24, 2.45) is 0 Å². The lowest BCUT2D eigenvalue weighted by Gasteiger charge is -2.16. The first-order chi connectivity index (χ1) is 24.8. The van der Waals surface area contributed by atoms with Crippen LogP contribution in [-0.2, 0) is 0 Å². The molecule has 0 unspecified atom stereocenters. The average molecular weight is 637 g/mol. The van der Waals surface area contributed by atoms with Crippen molar-refractivity contribution in [2.45, 2.75) is 0 Å². The molecule has 2 heteroatoms. The van der Waals surface area contributed by atoms with Crippen molar-refractivity contribution >= 4 is 43.6 Å². The van der Waals surface area contributed by atoms with Crippen molar-refractivity contribution in [1.29, 1.82) is 0 Å². The highest BCUT2D eigenvalue weighted by atomic mass is 15.0. The maximum atomic E-state index is 2.50. The first-order valence-electron chi connectivity index (χ1n) is 17.2. The van der Waals surface area contributed by atoms with Crippen LogP contribution < -0.4 is 0 Å². The number of para-hydroxylation sites is 3. The van der Waals surface area contributed by atoms with Gasteiger partial charge in [0.25, 0.3) is 0 Å². The molecule has 0 radical (unpaired) electrons. The van der Waals surface area contributed by atoms with Gasteiger partial charge in [-0.05, 0) is 81.9 Å². The van der Waals surface area contributed by atoms with Crippen LogP contribution in [0.15, 0.2) is 194 Å². The van der Waals surface area contributed by atoms with Gasteiger partial charge in [0, 0.05) is 32.9 Å². The lowest BCUT2D eigenvalue weighted by atomic mass is 9.95. The van der Waals surface area contributed by atoms with Gasteiger partial charge in [-0.3, -0.25) is 0 Å². The van der Waals surface area contributed by atoms with E-state index in [9.17, 15) is 0 Å². The molecule has 0 bridgehead atoms. The molecule has 0 fully saturated rings. The number of hydrogen-bond acceptors (Lipinski definition) is 0. The van der Waals surface area contributed by atoms with E-state index in [0.717, 1.165) is 11.4 Å². The fraction of sp³-hybridized carbons (Fsp3) is 0. The molecule has 10 rings (SSSR count). The Hall–Kier alpha value is -6.64. The summed E-state index contributed by atoms with van der Waals surface area (Å²) in [5, 5.41) is 4.98. The molecule has 0 spiro atoms. The van der Waals surface area contributed by atoms with Crippen LogP contribution in [0.2, 0.25) is 0 Å². The van der Waals surface area contributed by atoms with Gasteiger partial charge in [0.15, 0.2) is 0 Å². The lowest BCUT2D eigenvalue weighted by molar-refractivity contribution is 1.15. The Bertz CT molecular complexity index is 2840. The monoisotopic (exact) mass is 636 g/mol. The Kier molecular flexibility index (Phi) is 6.53. The number of rotatable bonds is 5. The standard InChI is InChI=1S/C48H32N2/c1-4-15-33(16-5-1)35-19-14-20-36(29-35)38-30-37(34-17-6-2-7-18-34)31-40(32-38)50-46-26-13-11-24-42(46)44-28-27-43-41-23-10-12-25-45(41)49(47(43)48(44)50)39-21-8-3-9-22-39/h1-32H. The van der Waals surface area contributed by atoms with E-state index >= 15 is 0 Å². The van der Waals surface area contributed by atoms with Gasteiger partial charge in [0.05, 0.1) is 22.1 Å². The highest BCUT2D eigenvalue weighted by Gasteiger charge is 2.21. The number of hydrogen-bond donors (Lipinski definition) is 0. The van der Waals surface area contributed by atoms with Gasteiger partial charge >= 0.3 is 0 Å². The van der Waals surface area contributed by atoms with Gasteiger partial charge in [-0.2, -0.15) is 0 Å². The molecule has 0 atom stereocenters. The van der Waals surface area contributed by atoms with Crippen LogP contribution in [0.5, 0.6) is 0 Å². The quantitative estimate of drug-likeness (QED) is 0.178. The summed E-state index contributed by atoms with van der Waals surface area (Å²) in [6, 6.07) is 70.5. The van der Waals surface area contributed by atoms with Gasteiger partial charge in [0.2, 0.25) is 0 Å². The minimum absolute atomic E-state index is 1.13. The second-order valence-electron chi connectivity index (χ2n) is 13.0. The van der Waals surface area contributed by atoms with Crippen LogP contribution in [0.4, 0.5) is 0 Å². The topological polar surface area (TPSA) is 9.86 Å². The van der Waals surface area contributed by atoms with Gasteiger partial charge in [-0.15, -0.1) is 0 Å². The van der Waals surface area contributed by atoms with Crippen LogP contribution in [0, 0.1) is 0 Å². The van der Waals surface area contributed by atoms with Gasteiger partial charge in [-0.1, -0.05) is 146 Å². The minimum Gasteiger partial charge on any atom is -0.307 e. The molecule has 10 aromatic rings. The van der Waals surface area contributed by atoms with Crippen molar-refractivity contribution < 1.29 is 0 Å².